The van der Waals surface area contributed by atoms with Crippen LogP contribution in [0.4, 0.5) is 5.69 Å². The van der Waals surface area contributed by atoms with Gasteiger partial charge in [-0.1, -0.05) is 23.7 Å². The highest BCUT2D eigenvalue weighted by molar-refractivity contribution is 7.99. The van der Waals surface area contributed by atoms with Gasteiger partial charge in [0.2, 0.25) is 5.91 Å². The molecule has 0 spiro atoms. The molecule has 1 heterocycles. The third-order valence-corrected chi connectivity index (χ3v) is 4.93. The number of amides is 1. The van der Waals surface area contributed by atoms with E-state index in [0.717, 1.165) is 9.21 Å². The second-order valence-corrected chi connectivity index (χ2v) is 6.88. The molecule has 110 valence electrons. The third kappa shape index (κ3) is 4.77. The van der Waals surface area contributed by atoms with E-state index >= 15 is 0 Å². The van der Waals surface area contributed by atoms with Crippen LogP contribution in [0.2, 0.25) is 4.34 Å². The number of carboxylic acids is 1. The van der Waals surface area contributed by atoms with Crippen molar-refractivity contribution < 1.29 is 14.7 Å². The Bertz CT molecular complexity index is 657. The maximum atomic E-state index is 11.8. The van der Waals surface area contributed by atoms with Gasteiger partial charge in [-0.05, 0) is 24.3 Å². The number of thioether (sulfide) groups is 1. The fourth-order valence-corrected chi connectivity index (χ4v) is 3.66. The predicted octanol–water partition coefficient (Wildman–Crippen LogP) is 3.97. The van der Waals surface area contributed by atoms with Crippen LogP contribution >= 0.6 is 34.7 Å². The van der Waals surface area contributed by atoms with Crippen molar-refractivity contribution in [1.29, 1.82) is 0 Å². The van der Waals surface area contributed by atoms with Crippen LogP contribution in [-0.4, -0.2) is 22.7 Å². The largest absolute Gasteiger partial charge is 0.478 e. The van der Waals surface area contributed by atoms with Gasteiger partial charge >= 0.3 is 5.97 Å². The molecular formula is C14H12ClNO3S2. The molecule has 0 bridgehead atoms. The van der Waals surface area contributed by atoms with Gasteiger partial charge in [0.15, 0.2) is 0 Å². The van der Waals surface area contributed by atoms with Crippen molar-refractivity contribution in [3.05, 3.63) is 51.2 Å². The zero-order chi connectivity index (χ0) is 15.2. The van der Waals surface area contributed by atoms with Crippen LogP contribution in [0.5, 0.6) is 0 Å². The fraction of sp³-hybridized carbons (Fsp3) is 0.143. The Morgan fingerprint density at radius 1 is 1.24 bits per heavy atom. The van der Waals surface area contributed by atoms with E-state index < -0.39 is 5.97 Å². The number of benzene rings is 1. The fourth-order valence-electron chi connectivity index (χ4n) is 1.64. The molecule has 4 nitrogen and oxygen atoms in total. The molecule has 2 rings (SSSR count). The molecule has 0 aliphatic rings. The van der Waals surface area contributed by atoms with Crippen molar-refractivity contribution in [2.24, 2.45) is 0 Å². The molecule has 0 unspecified atom stereocenters. The molecule has 0 atom stereocenters. The van der Waals surface area contributed by atoms with Crippen molar-refractivity contribution in [2.45, 2.75) is 5.75 Å². The molecule has 0 aliphatic heterocycles. The SMILES string of the molecule is O=C(CSCc1ccc(Cl)s1)Nc1ccccc1C(=O)O. The summed E-state index contributed by atoms with van der Waals surface area (Å²) < 4.78 is 0.727. The number of aromatic carboxylic acids is 1. The lowest BCUT2D eigenvalue weighted by Gasteiger charge is -2.07. The molecule has 1 aromatic carbocycles. The summed E-state index contributed by atoms with van der Waals surface area (Å²) in [4.78, 5) is 24.0. The first-order valence-electron chi connectivity index (χ1n) is 6.00. The molecule has 0 radical (unpaired) electrons. The first-order chi connectivity index (χ1) is 10.1. The van der Waals surface area contributed by atoms with E-state index in [4.69, 9.17) is 16.7 Å². The number of carbonyl (C=O) groups excluding carboxylic acids is 1. The van der Waals surface area contributed by atoms with Crippen LogP contribution in [0, 0.1) is 0 Å². The predicted molar refractivity (Wildman–Crippen MR) is 87.5 cm³/mol. The Labute approximate surface area is 135 Å². The maximum absolute atomic E-state index is 11.8. The summed E-state index contributed by atoms with van der Waals surface area (Å²) in [6, 6.07) is 10.1. The number of carboxylic acid groups (broad SMARTS) is 1. The average molecular weight is 342 g/mol. The standard InChI is InChI=1S/C14H12ClNO3S2/c15-12-6-5-9(21-12)7-20-8-13(17)16-11-4-2-1-3-10(11)14(18)19/h1-6H,7-8H2,(H,16,17)(H,18,19). The van der Waals surface area contributed by atoms with Gasteiger partial charge in [-0.25, -0.2) is 4.79 Å². The molecule has 2 aromatic rings. The normalized spacial score (nSPS) is 10.3. The van der Waals surface area contributed by atoms with Crippen LogP contribution in [0.25, 0.3) is 0 Å². The summed E-state index contributed by atoms with van der Waals surface area (Å²) in [7, 11) is 0. The van der Waals surface area contributed by atoms with Gasteiger partial charge in [0, 0.05) is 10.6 Å². The summed E-state index contributed by atoms with van der Waals surface area (Å²) in [5, 5.41) is 11.7. The van der Waals surface area contributed by atoms with Gasteiger partial charge in [-0.2, -0.15) is 0 Å². The second kappa shape index (κ2) is 7.49. The molecule has 0 saturated carbocycles. The molecule has 1 amide bonds. The third-order valence-electron chi connectivity index (χ3n) is 2.54. The van der Waals surface area contributed by atoms with Crippen LogP contribution in [0.15, 0.2) is 36.4 Å². The van der Waals surface area contributed by atoms with Crippen molar-refractivity contribution in [2.75, 3.05) is 11.1 Å². The Hall–Kier alpha value is -1.50. The number of hydrogen-bond donors (Lipinski definition) is 2. The Balaban J connectivity index is 1.86. The quantitative estimate of drug-likeness (QED) is 0.834. The molecule has 7 heteroatoms. The smallest absolute Gasteiger partial charge is 0.337 e. The zero-order valence-corrected chi connectivity index (χ0v) is 13.2. The minimum absolute atomic E-state index is 0.0842. The first-order valence-corrected chi connectivity index (χ1v) is 8.35. The highest BCUT2D eigenvalue weighted by atomic mass is 35.5. The lowest BCUT2D eigenvalue weighted by Crippen LogP contribution is -2.16. The van der Waals surface area contributed by atoms with E-state index in [1.807, 2.05) is 12.1 Å². The van der Waals surface area contributed by atoms with Gasteiger partial charge < -0.3 is 10.4 Å². The van der Waals surface area contributed by atoms with Crippen molar-refractivity contribution in [3.63, 3.8) is 0 Å². The van der Waals surface area contributed by atoms with Crippen LogP contribution in [0.3, 0.4) is 0 Å². The van der Waals surface area contributed by atoms with Crippen LogP contribution < -0.4 is 5.32 Å². The first kappa shape index (κ1) is 15.9. The van der Waals surface area contributed by atoms with E-state index in [2.05, 4.69) is 5.32 Å². The zero-order valence-electron chi connectivity index (χ0n) is 10.8. The highest BCUT2D eigenvalue weighted by Gasteiger charge is 2.11. The van der Waals surface area contributed by atoms with E-state index in [1.54, 1.807) is 18.2 Å². The van der Waals surface area contributed by atoms with Crippen molar-refractivity contribution >= 4 is 52.3 Å². The van der Waals surface area contributed by atoms with E-state index in [9.17, 15) is 9.59 Å². The highest BCUT2D eigenvalue weighted by Crippen LogP contribution is 2.25. The van der Waals surface area contributed by atoms with Crippen molar-refractivity contribution in [1.82, 2.24) is 0 Å². The van der Waals surface area contributed by atoms with E-state index in [0.29, 0.717) is 11.4 Å². The molecule has 0 fully saturated rings. The van der Waals surface area contributed by atoms with Gasteiger partial charge in [-0.3, -0.25) is 4.79 Å². The molecule has 1 aromatic heterocycles. The average Bonchev–Trinajstić information content (AvgIpc) is 2.85. The number of halogens is 1. The summed E-state index contributed by atoms with van der Waals surface area (Å²) in [6.45, 7) is 0. The summed E-state index contributed by atoms with van der Waals surface area (Å²) in [6.07, 6.45) is 0. The number of carbonyl (C=O) groups is 2. The number of anilines is 1. The topological polar surface area (TPSA) is 66.4 Å². The van der Waals surface area contributed by atoms with E-state index in [1.165, 1.54) is 29.2 Å². The van der Waals surface area contributed by atoms with Crippen molar-refractivity contribution in [3.8, 4) is 0 Å². The van der Waals surface area contributed by atoms with E-state index in [-0.39, 0.29) is 17.2 Å². The Morgan fingerprint density at radius 2 is 2.00 bits per heavy atom. The van der Waals surface area contributed by atoms with Gasteiger partial charge in [0.1, 0.15) is 0 Å². The minimum atomic E-state index is -1.06. The Morgan fingerprint density at radius 3 is 2.67 bits per heavy atom. The lowest BCUT2D eigenvalue weighted by atomic mass is 10.2. The molecule has 21 heavy (non-hydrogen) atoms. The molecule has 2 N–H and O–H groups in total. The molecule has 0 saturated heterocycles. The van der Waals surface area contributed by atoms with Gasteiger partial charge in [-0.15, -0.1) is 23.1 Å². The monoisotopic (exact) mass is 341 g/mol. The number of nitrogens with one attached hydrogen (secondary N) is 1. The second-order valence-electron chi connectivity index (χ2n) is 4.10. The number of para-hydroxylation sites is 1. The number of hydrogen-bond acceptors (Lipinski definition) is 4. The molecular weight excluding hydrogens is 330 g/mol. The van der Waals surface area contributed by atoms with Crippen LogP contribution in [0.1, 0.15) is 15.2 Å². The van der Waals surface area contributed by atoms with Crippen LogP contribution in [-0.2, 0) is 10.5 Å². The molecule has 0 aliphatic carbocycles. The van der Waals surface area contributed by atoms with Gasteiger partial charge in [0.25, 0.3) is 0 Å². The minimum Gasteiger partial charge on any atom is -0.478 e. The number of thiophene rings is 1. The van der Waals surface area contributed by atoms with Gasteiger partial charge in [0.05, 0.1) is 21.3 Å². The summed E-state index contributed by atoms with van der Waals surface area (Å²) >= 11 is 8.77. The maximum Gasteiger partial charge on any atom is 0.337 e. The summed E-state index contributed by atoms with van der Waals surface area (Å²) in [5.41, 5.74) is 0.399. The Kier molecular flexibility index (Phi) is 5.67. The lowest BCUT2D eigenvalue weighted by molar-refractivity contribution is -0.113. The summed E-state index contributed by atoms with van der Waals surface area (Å²) in [5.74, 6) is -0.336. The number of rotatable bonds is 6.